The number of rotatable bonds is 4. The lowest BCUT2D eigenvalue weighted by atomic mass is 9.97. The lowest BCUT2D eigenvalue weighted by Gasteiger charge is -2.18. The average Bonchev–Trinajstić information content (AvgIpc) is 2.28. The summed E-state index contributed by atoms with van der Waals surface area (Å²) in [6.07, 6.45) is -0.571. The Balaban J connectivity index is 2.46. The Morgan fingerprint density at radius 3 is 2.50 bits per heavy atom. The van der Waals surface area contributed by atoms with Crippen molar-refractivity contribution in [2.24, 2.45) is 5.41 Å². The van der Waals surface area contributed by atoms with Gasteiger partial charge in [-0.05, 0) is 26.8 Å². The molecule has 1 aromatic carbocycles. The van der Waals surface area contributed by atoms with Gasteiger partial charge in [0.2, 0.25) is 0 Å². The number of aromatic hydroxyl groups is 1. The summed E-state index contributed by atoms with van der Waals surface area (Å²) < 4.78 is 5.06. The zero-order chi connectivity index (χ0) is 13.8. The van der Waals surface area contributed by atoms with Gasteiger partial charge in [0.15, 0.2) is 0 Å². The topological polar surface area (TPSA) is 66.8 Å². The van der Waals surface area contributed by atoms with Crippen molar-refractivity contribution in [1.29, 1.82) is 0 Å². The number of carbonyl (C=O) groups is 1. The van der Waals surface area contributed by atoms with E-state index < -0.39 is 11.5 Å². The summed E-state index contributed by atoms with van der Waals surface area (Å²) in [5.41, 5.74) is -0.0934. The molecule has 4 heteroatoms. The predicted octanol–water partition coefficient (Wildman–Crippen LogP) is 2.41. The first kappa shape index (κ1) is 14.5. The molecular formula is C14H20O4. The zero-order valence-electron chi connectivity index (χ0n) is 11.0. The Labute approximate surface area is 107 Å². The Hall–Kier alpha value is -1.55. The lowest BCUT2D eigenvalue weighted by Crippen LogP contribution is -2.23. The van der Waals surface area contributed by atoms with Gasteiger partial charge in [0.1, 0.15) is 5.75 Å². The number of aliphatic hydroxyl groups is 1. The maximum atomic E-state index is 11.5. The fourth-order valence-corrected chi connectivity index (χ4v) is 1.40. The molecule has 18 heavy (non-hydrogen) atoms. The van der Waals surface area contributed by atoms with Crippen molar-refractivity contribution in [3.8, 4) is 5.75 Å². The SMILES string of the molecule is CC(C)(C)C(=O)OCCC(O)c1ccccc1O. The summed E-state index contributed by atoms with van der Waals surface area (Å²) in [6, 6.07) is 6.58. The molecule has 1 atom stereocenters. The van der Waals surface area contributed by atoms with Crippen LogP contribution in [0.25, 0.3) is 0 Å². The van der Waals surface area contributed by atoms with Crippen LogP contribution in [0.5, 0.6) is 5.75 Å². The molecule has 1 unspecified atom stereocenters. The van der Waals surface area contributed by atoms with Gasteiger partial charge in [-0.2, -0.15) is 0 Å². The summed E-state index contributed by atoms with van der Waals surface area (Å²) >= 11 is 0. The third-order valence-electron chi connectivity index (χ3n) is 2.53. The van der Waals surface area contributed by atoms with Gasteiger partial charge in [0.25, 0.3) is 0 Å². The van der Waals surface area contributed by atoms with Crippen LogP contribution in [0, 0.1) is 5.41 Å². The van der Waals surface area contributed by atoms with E-state index in [0.29, 0.717) is 5.56 Å². The predicted molar refractivity (Wildman–Crippen MR) is 68.1 cm³/mol. The molecule has 2 N–H and O–H groups in total. The summed E-state index contributed by atoms with van der Waals surface area (Å²) in [4.78, 5) is 11.5. The fraction of sp³-hybridized carbons (Fsp3) is 0.500. The number of hydrogen-bond acceptors (Lipinski definition) is 4. The first-order chi connectivity index (χ1) is 8.32. The Morgan fingerprint density at radius 2 is 1.94 bits per heavy atom. The minimum Gasteiger partial charge on any atom is -0.508 e. The van der Waals surface area contributed by atoms with E-state index in [4.69, 9.17) is 4.74 Å². The molecule has 0 aliphatic carbocycles. The Morgan fingerprint density at radius 1 is 1.33 bits per heavy atom. The molecule has 0 radical (unpaired) electrons. The third-order valence-corrected chi connectivity index (χ3v) is 2.53. The number of carbonyl (C=O) groups excluding carboxylic acids is 1. The highest BCUT2D eigenvalue weighted by molar-refractivity contribution is 5.75. The molecule has 0 aliphatic heterocycles. The van der Waals surface area contributed by atoms with Gasteiger partial charge in [0, 0.05) is 12.0 Å². The average molecular weight is 252 g/mol. The van der Waals surface area contributed by atoms with Crippen molar-refractivity contribution in [3.05, 3.63) is 29.8 Å². The molecular weight excluding hydrogens is 232 g/mol. The lowest BCUT2D eigenvalue weighted by molar-refractivity contribution is -0.153. The van der Waals surface area contributed by atoms with Crippen LogP contribution in [0.1, 0.15) is 38.9 Å². The Kier molecular flexibility index (Phi) is 4.73. The largest absolute Gasteiger partial charge is 0.508 e. The van der Waals surface area contributed by atoms with Crippen LogP contribution in [0.3, 0.4) is 0 Å². The van der Waals surface area contributed by atoms with Gasteiger partial charge in [0.05, 0.1) is 18.1 Å². The highest BCUT2D eigenvalue weighted by atomic mass is 16.5. The standard InChI is InChI=1S/C14H20O4/c1-14(2,3)13(17)18-9-8-12(16)10-6-4-5-7-11(10)15/h4-7,12,15-16H,8-9H2,1-3H3. The van der Waals surface area contributed by atoms with Crippen LogP contribution in [0.2, 0.25) is 0 Å². The highest BCUT2D eigenvalue weighted by Crippen LogP contribution is 2.26. The minimum absolute atomic E-state index is 0.0483. The molecule has 0 amide bonds. The summed E-state index contributed by atoms with van der Waals surface area (Å²) in [5.74, 6) is -0.251. The van der Waals surface area contributed by atoms with Gasteiger partial charge in [-0.3, -0.25) is 4.79 Å². The van der Waals surface area contributed by atoms with Crippen LogP contribution < -0.4 is 0 Å². The summed E-state index contributed by atoms with van der Waals surface area (Å²) in [5, 5.41) is 19.4. The number of ether oxygens (including phenoxy) is 1. The smallest absolute Gasteiger partial charge is 0.311 e. The molecule has 0 heterocycles. The molecule has 0 aromatic heterocycles. The fourth-order valence-electron chi connectivity index (χ4n) is 1.40. The second kappa shape index (κ2) is 5.87. The molecule has 4 nitrogen and oxygen atoms in total. The van der Waals surface area contributed by atoms with Crippen LogP contribution in [-0.4, -0.2) is 22.8 Å². The second-order valence-electron chi connectivity index (χ2n) is 5.25. The van der Waals surface area contributed by atoms with E-state index >= 15 is 0 Å². The zero-order valence-corrected chi connectivity index (χ0v) is 11.0. The monoisotopic (exact) mass is 252 g/mol. The number of esters is 1. The number of hydrogen-bond donors (Lipinski definition) is 2. The van der Waals surface area contributed by atoms with E-state index in [2.05, 4.69) is 0 Å². The van der Waals surface area contributed by atoms with Crippen molar-refractivity contribution >= 4 is 5.97 Å². The maximum Gasteiger partial charge on any atom is 0.311 e. The van der Waals surface area contributed by atoms with Crippen molar-refractivity contribution in [3.63, 3.8) is 0 Å². The minimum atomic E-state index is -0.834. The van der Waals surface area contributed by atoms with Crippen LogP contribution in [0.15, 0.2) is 24.3 Å². The van der Waals surface area contributed by atoms with Crippen molar-refractivity contribution in [2.75, 3.05) is 6.61 Å². The Bertz CT molecular complexity index is 407. The van der Waals surface area contributed by atoms with Crippen molar-refractivity contribution in [1.82, 2.24) is 0 Å². The number of aliphatic hydroxyl groups excluding tert-OH is 1. The summed E-state index contributed by atoms with van der Waals surface area (Å²) in [7, 11) is 0. The number of benzene rings is 1. The molecule has 1 aromatic rings. The van der Waals surface area contributed by atoms with Gasteiger partial charge >= 0.3 is 5.97 Å². The molecule has 0 bridgehead atoms. The molecule has 0 fully saturated rings. The van der Waals surface area contributed by atoms with Gasteiger partial charge < -0.3 is 14.9 Å². The van der Waals surface area contributed by atoms with E-state index in [-0.39, 0.29) is 24.7 Å². The van der Waals surface area contributed by atoms with E-state index in [1.807, 2.05) is 0 Å². The molecule has 1 rings (SSSR count). The third kappa shape index (κ3) is 4.04. The van der Waals surface area contributed by atoms with E-state index in [0.717, 1.165) is 0 Å². The van der Waals surface area contributed by atoms with E-state index in [1.54, 1.807) is 39.0 Å². The molecule has 100 valence electrons. The normalized spacial score (nSPS) is 13.1. The molecule has 0 saturated heterocycles. The van der Waals surface area contributed by atoms with E-state index in [1.165, 1.54) is 6.07 Å². The van der Waals surface area contributed by atoms with Crippen LogP contribution in [0.4, 0.5) is 0 Å². The van der Waals surface area contributed by atoms with Gasteiger partial charge in [-0.25, -0.2) is 0 Å². The van der Waals surface area contributed by atoms with Gasteiger partial charge in [-0.15, -0.1) is 0 Å². The van der Waals surface area contributed by atoms with Gasteiger partial charge in [-0.1, -0.05) is 18.2 Å². The number of para-hydroxylation sites is 1. The molecule has 0 aliphatic rings. The van der Waals surface area contributed by atoms with Crippen LogP contribution in [-0.2, 0) is 9.53 Å². The first-order valence-electron chi connectivity index (χ1n) is 5.95. The number of phenolic OH excluding ortho intramolecular Hbond substituents is 1. The van der Waals surface area contributed by atoms with Crippen LogP contribution >= 0.6 is 0 Å². The maximum absolute atomic E-state index is 11.5. The van der Waals surface area contributed by atoms with E-state index in [9.17, 15) is 15.0 Å². The summed E-state index contributed by atoms with van der Waals surface area (Å²) in [6.45, 7) is 5.45. The second-order valence-corrected chi connectivity index (χ2v) is 5.25. The first-order valence-corrected chi connectivity index (χ1v) is 5.95. The van der Waals surface area contributed by atoms with Crippen molar-refractivity contribution < 1.29 is 19.7 Å². The quantitative estimate of drug-likeness (QED) is 0.807. The number of phenols is 1. The molecule has 0 saturated carbocycles. The molecule has 0 spiro atoms. The van der Waals surface area contributed by atoms with Crippen molar-refractivity contribution in [2.45, 2.75) is 33.3 Å². The highest BCUT2D eigenvalue weighted by Gasteiger charge is 2.23.